The van der Waals surface area contributed by atoms with Gasteiger partial charge in [0, 0.05) is 28.7 Å². The molecule has 3 rings (SSSR count). The van der Waals surface area contributed by atoms with Gasteiger partial charge in [0.25, 0.3) is 0 Å². The van der Waals surface area contributed by atoms with Crippen molar-refractivity contribution >= 4 is 38.7 Å². The maximum Gasteiger partial charge on any atom is 0.164 e. The topological polar surface area (TPSA) is 30.7 Å². The standard InChI is InChI=1S/C16H15BrClN3/c1-10-8-12(9-11(2)15(10)17)21-14(5-6-18)20-13-4-3-7-19-16(13)21/h3-4,7-9H,5-6H2,1-2H3. The summed E-state index contributed by atoms with van der Waals surface area (Å²) in [7, 11) is 0. The number of aromatic nitrogens is 3. The Hall–Kier alpha value is -1.39. The fraction of sp³-hybridized carbons (Fsp3) is 0.250. The smallest absolute Gasteiger partial charge is 0.164 e. The number of benzene rings is 1. The number of rotatable bonds is 3. The third-order valence-electron chi connectivity index (χ3n) is 3.48. The molecular formula is C16H15BrClN3. The van der Waals surface area contributed by atoms with Crippen LogP contribution in [0.3, 0.4) is 0 Å². The lowest BCUT2D eigenvalue weighted by molar-refractivity contribution is 0.903. The van der Waals surface area contributed by atoms with Gasteiger partial charge < -0.3 is 0 Å². The fourth-order valence-corrected chi connectivity index (χ4v) is 2.93. The number of hydrogen-bond donors (Lipinski definition) is 0. The first-order valence-electron chi connectivity index (χ1n) is 6.77. The van der Waals surface area contributed by atoms with Crippen LogP contribution in [-0.4, -0.2) is 20.4 Å². The van der Waals surface area contributed by atoms with Crippen molar-refractivity contribution in [3.63, 3.8) is 0 Å². The molecule has 5 heteroatoms. The van der Waals surface area contributed by atoms with Crippen LogP contribution in [0.5, 0.6) is 0 Å². The highest BCUT2D eigenvalue weighted by Crippen LogP contribution is 2.27. The van der Waals surface area contributed by atoms with E-state index in [0.29, 0.717) is 12.3 Å². The maximum absolute atomic E-state index is 5.93. The molecule has 0 aliphatic carbocycles. The van der Waals surface area contributed by atoms with Crippen LogP contribution in [0.15, 0.2) is 34.9 Å². The van der Waals surface area contributed by atoms with E-state index < -0.39 is 0 Å². The number of alkyl halides is 1. The predicted octanol–water partition coefficient (Wildman–Crippen LogP) is 4.58. The summed E-state index contributed by atoms with van der Waals surface area (Å²) in [5, 5.41) is 0. The predicted molar refractivity (Wildman–Crippen MR) is 90.5 cm³/mol. The van der Waals surface area contributed by atoms with Gasteiger partial charge >= 0.3 is 0 Å². The van der Waals surface area contributed by atoms with Gasteiger partial charge in [0.2, 0.25) is 0 Å². The van der Waals surface area contributed by atoms with Gasteiger partial charge in [-0.15, -0.1) is 11.6 Å². The molecule has 0 amide bonds. The monoisotopic (exact) mass is 363 g/mol. The van der Waals surface area contributed by atoms with Gasteiger partial charge in [-0.05, 0) is 49.2 Å². The summed E-state index contributed by atoms with van der Waals surface area (Å²) < 4.78 is 3.24. The van der Waals surface area contributed by atoms with E-state index in [1.54, 1.807) is 6.20 Å². The van der Waals surface area contributed by atoms with E-state index in [4.69, 9.17) is 11.6 Å². The molecule has 108 valence electrons. The Morgan fingerprint density at radius 3 is 2.62 bits per heavy atom. The number of pyridine rings is 1. The van der Waals surface area contributed by atoms with Gasteiger partial charge in [-0.1, -0.05) is 15.9 Å². The Balaban J connectivity index is 2.30. The normalized spacial score (nSPS) is 11.2. The van der Waals surface area contributed by atoms with Crippen LogP contribution in [0.1, 0.15) is 17.0 Å². The number of nitrogens with zero attached hydrogens (tertiary/aromatic N) is 3. The minimum Gasteiger partial charge on any atom is -0.281 e. The second-order valence-electron chi connectivity index (χ2n) is 5.04. The Bertz CT molecular complexity index is 787. The van der Waals surface area contributed by atoms with Crippen LogP contribution in [-0.2, 0) is 6.42 Å². The van der Waals surface area contributed by atoms with E-state index in [1.165, 1.54) is 11.1 Å². The van der Waals surface area contributed by atoms with E-state index >= 15 is 0 Å². The summed E-state index contributed by atoms with van der Waals surface area (Å²) in [5.41, 5.74) is 5.24. The van der Waals surface area contributed by atoms with Crippen molar-refractivity contribution in [1.29, 1.82) is 0 Å². The average Bonchev–Trinajstić information content (AvgIpc) is 2.82. The van der Waals surface area contributed by atoms with E-state index in [0.717, 1.165) is 27.1 Å². The summed E-state index contributed by atoms with van der Waals surface area (Å²) in [6, 6.07) is 8.17. The number of aryl methyl sites for hydroxylation is 3. The van der Waals surface area contributed by atoms with Crippen LogP contribution in [0, 0.1) is 13.8 Å². The van der Waals surface area contributed by atoms with Gasteiger partial charge in [-0.3, -0.25) is 4.57 Å². The summed E-state index contributed by atoms with van der Waals surface area (Å²) in [5.74, 6) is 1.48. The largest absolute Gasteiger partial charge is 0.281 e. The van der Waals surface area contributed by atoms with Gasteiger partial charge in [0.05, 0.1) is 0 Å². The quantitative estimate of drug-likeness (QED) is 0.637. The van der Waals surface area contributed by atoms with Gasteiger partial charge in [-0.2, -0.15) is 0 Å². The highest BCUT2D eigenvalue weighted by Gasteiger charge is 2.14. The zero-order chi connectivity index (χ0) is 15.0. The summed E-state index contributed by atoms with van der Waals surface area (Å²) in [4.78, 5) is 9.15. The van der Waals surface area contributed by atoms with E-state index in [2.05, 4.69) is 56.4 Å². The van der Waals surface area contributed by atoms with Crippen LogP contribution >= 0.6 is 27.5 Å². The van der Waals surface area contributed by atoms with Crippen LogP contribution < -0.4 is 0 Å². The van der Waals surface area contributed by atoms with E-state index in [9.17, 15) is 0 Å². The van der Waals surface area contributed by atoms with Crippen LogP contribution in [0.25, 0.3) is 16.9 Å². The Morgan fingerprint density at radius 1 is 1.24 bits per heavy atom. The molecule has 0 aliphatic rings. The highest BCUT2D eigenvalue weighted by atomic mass is 79.9. The zero-order valence-electron chi connectivity index (χ0n) is 11.9. The van der Waals surface area contributed by atoms with Crippen molar-refractivity contribution in [1.82, 2.24) is 14.5 Å². The number of fused-ring (bicyclic) bond motifs is 1. The second-order valence-corrected chi connectivity index (χ2v) is 6.21. The summed E-state index contributed by atoms with van der Waals surface area (Å²) >= 11 is 9.54. The first-order valence-corrected chi connectivity index (χ1v) is 8.10. The molecule has 1 aromatic carbocycles. The first kappa shape index (κ1) is 14.5. The van der Waals surface area contributed by atoms with Gasteiger partial charge in [0.15, 0.2) is 5.65 Å². The third kappa shape index (κ3) is 2.58. The number of halogens is 2. The highest BCUT2D eigenvalue weighted by molar-refractivity contribution is 9.10. The third-order valence-corrected chi connectivity index (χ3v) is 4.92. The summed E-state index contributed by atoms with van der Waals surface area (Å²) in [6.07, 6.45) is 2.51. The number of imidazole rings is 1. The molecule has 0 bridgehead atoms. The molecule has 0 radical (unpaired) electrons. The first-order chi connectivity index (χ1) is 10.1. The zero-order valence-corrected chi connectivity index (χ0v) is 14.2. The van der Waals surface area contributed by atoms with Crippen molar-refractivity contribution in [2.75, 3.05) is 5.88 Å². The maximum atomic E-state index is 5.93. The molecule has 0 fully saturated rings. The Labute approximate surface area is 137 Å². The minimum atomic E-state index is 0.539. The van der Waals surface area contributed by atoms with Crippen LogP contribution in [0.2, 0.25) is 0 Å². The second kappa shape index (κ2) is 5.78. The minimum absolute atomic E-state index is 0.539. The molecule has 21 heavy (non-hydrogen) atoms. The van der Waals surface area contributed by atoms with Crippen LogP contribution in [0.4, 0.5) is 0 Å². The molecule has 0 saturated heterocycles. The van der Waals surface area contributed by atoms with Crippen molar-refractivity contribution < 1.29 is 0 Å². The summed E-state index contributed by atoms with van der Waals surface area (Å²) in [6.45, 7) is 4.18. The van der Waals surface area contributed by atoms with Crippen molar-refractivity contribution in [3.05, 3.63) is 51.9 Å². The Kier molecular flexibility index (Phi) is 4.00. The molecule has 0 saturated carbocycles. The molecule has 0 N–H and O–H groups in total. The lowest BCUT2D eigenvalue weighted by atomic mass is 10.1. The molecule has 0 atom stereocenters. The molecule has 0 unspecified atom stereocenters. The van der Waals surface area contributed by atoms with Crippen molar-refractivity contribution in [2.45, 2.75) is 20.3 Å². The Morgan fingerprint density at radius 2 is 1.95 bits per heavy atom. The molecule has 2 aromatic heterocycles. The van der Waals surface area contributed by atoms with Crippen molar-refractivity contribution in [3.8, 4) is 5.69 Å². The van der Waals surface area contributed by atoms with E-state index in [-0.39, 0.29) is 0 Å². The fourth-order valence-electron chi connectivity index (χ4n) is 2.53. The molecule has 3 nitrogen and oxygen atoms in total. The lowest BCUT2D eigenvalue weighted by Gasteiger charge is -2.12. The molecule has 0 aliphatic heterocycles. The van der Waals surface area contributed by atoms with E-state index in [1.807, 2.05) is 12.1 Å². The van der Waals surface area contributed by atoms with Crippen molar-refractivity contribution in [2.24, 2.45) is 0 Å². The average molecular weight is 365 g/mol. The molecular weight excluding hydrogens is 350 g/mol. The molecule has 0 spiro atoms. The van der Waals surface area contributed by atoms with Gasteiger partial charge in [-0.25, -0.2) is 9.97 Å². The molecule has 2 heterocycles. The SMILES string of the molecule is Cc1cc(-n2c(CCCl)nc3cccnc32)cc(C)c1Br. The van der Waals surface area contributed by atoms with Gasteiger partial charge in [0.1, 0.15) is 11.3 Å². The lowest BCUT2D eigenvalue weighted by Crippen LogP contribution is -2.04. The number of hydrogen-bond acceptors (Lipinski definition) is 2. The molecule has 3 aromatic rings.